The van der Waals surface area contributed by atoms with Gasteiger partial charge in [0, 0.05) is 20.0 Å². The molecule has 4 aliphatic rings. The summed E-state index contributed by atoms with van der Waals surface area (Å²) in [6.45, 7) is 5.41. The van der Waals surface area contributed by atoms with Crippen molar-refractivity contribution >= 4 is 5.78 Å². The third kappa shape index (κ3) is 2.58. The van der Waals surface area contributed by atoms with Crippen LogP contribution in [0.3, 0.4) is 0 Å². The molecule has 4 saturated carbocycles. The van der Waals surface area contributed by atoms with Crippen LogP contribution in [-0.4, -0.2) is 25.8 Å². The average molecular weight is 335 g/mol. The molecule has 136 valence electrons. The lowest BCUT2D eigenvalue weighted by molar-refractivity contribution is -0.149. The Morgan fingerprint density at radius 3 is 2.71 bits per heavy atom. The lowest BCUT2D eigenvalue weighted by atomic mass is 9.45. The minimum atomic E-state index is 0.320. The molecule has 0 saturated heterocycles. The first-order valence-electron chi connectivity index (χ1n) is 10.1. The Morgan fingerprint density at radius 2 is 1.92 bits per heavy atom. The Hall–Kier alpha value is -0.410. The molecule has 0 aliphatic heterocycles. The van der Waals surface area contributed by atoms with Crippen molar-refractivity contribution in [1.82, 2.24) is 0 Å². The van der Waals surface area contributed by atoms with Crippen molar-refractivity contribution < 1.29 is 14.3 Å². The summed E-state index contributed by atoms with van der Waals surface area (Å²) in [7, 11) is 1.71. The third-order valence-electron chi connectivity index (χ3n) is 8.61. The monoisotopic (exact) mass is 334 g/mol. The number of Topliss-reactive ketones (excluding diaryl/α,β-unsaturated/α-hetero) is 1. The minimum absolute atomic E-state index is 0.320. The largest absolute Gasteiger partial charge is 0.359 e. The normalized spacial score (nSPS) is 51.0. The summed E-state index contributed by atoms with van der Waals surface area (Å²) in [5.41, 5.74) is 0.795. The Balaban J connectivity index is 1.51. The molecule has 0 spiro atoms. The molecule has 3 heteroatoms. The van der Waals surface area contributed by atoms with Crippen molar-refractivity contribution in [3.05, 3.63) is 0 Å². The van der Waals surface area contributed by atoms with Gasteiger partial charge in [0.2, 0.25) is 0 Å². The van der Waals surface area contributed by atoms with Gasteiger partial charge in [-0.1, -0.05) is 13.8 Å². The Labute approximate surface area is 146 Å². The third-order valence-corrected chi connectivity index (χ3v) is 8.61. The summed E-state index contributed by atoms with van der Waals surface area (Å²) in [6, 6.07) is 0. The molecule has 4 rings (SSSR count). The number of fused-ring (bicyclic) bond motifs is 5. The maximum Gasteiger partial charge on any atom is 0.146 e. The van der Waals surface area contributed by atoms with Crippen molar-refractivity contribution in [3.8, 4) is 0 Å². The van der Waals surface area contributed by atoms with E-state index in [9.17, 15) is 4.79 Å². The highest BCUT2D eigenvalue weighted by atomic mass is 16.7. The highest BCUT2D eigenvalue weighted by Gasteiger charge is 2.59. The topological polar surface area (TPSA) is 35.5 Å². The first-order chi connectivity index (χ1) is 11.5. The minimum Gasteiger partial charge on any atom is -0.359 e. The molecule has 0 aromatic heterocycles. The molecule has 0 aromatic rings. The van der Waals surface area contributed by atoms with Crippen molar-refractivity contribution in [2.24, 2.45) is 34.5 Å². The SMILES string of the molecule is COCOC1CC[C@@]2(C)C(CC[C@H]3[C@@H]4CC(=O)C[C@@]4(C)CC[C@@H]32)C1. The van der Waals surface area contributed by atoms with Crippen LogP contribution in [0, 0.1) is 34.5 Å². The number of methoxy groups -OCH3 is 1. The number of carbonyl (C=O) groups is 1. The van der Waals surface area contributed by atoms with Crippen molar-refractivity contribution in [3.63, 3.8) is 0 Å². The zero-order chi connectivity index (χ0) is 16.9. The Bertz CT molecular complexity index is 503. The van der Waals surface area contributed by atoms with Crippen LogP contribution >= 0.6 is 0 Å². The van der Waals surface area contributed by atoms with Gasteiger partial charge in [0.25, 0.3) is 0 Å². The fourth-order valence-corrected chi connectivity index (χ4v) is 7.31. The molecule has 2 unspecified atom stereocenters. The molecule has 3 nitrogen and oxygen atoms in total. The predicted octanol–water partition coefficient (Wildman–Crippen LogP) is 4.59. The summed E-state index contributed by atoms with van der Waals surface area (Å²) < 4.78 is 11.0. The van der Waals surface area contributed by atoms with E-state index in [2.05, 4.69) is 13.8 Å². The summed E-state index contributed by atoms with van der Waals surface area (Å²) in [4.78, 5) is 12.2. The maximum absolute atomic E-state index is 12.2. The van der Waals surface area contributed by atoms with Crippen molar-refractivity contribution in [2.45, 2.75) is 77.7 Å². The second-order valence-electron chi connectivity index (χ2n) is 9.74. The fourth-order valence-electron chi connectivity index (χ4n) is 7.31. The van der Waals surface area contributed by atoms with Crippen LogP contribution < -0.4 is 0 Å². The smallest absolute Gasteiger partial charge is 0.146 e. The summed E-state index contributed by atoms with van der Waals surface area (Å²) in [5, 5.41) is 0. The highest BCUT2D eigenvalue weighted by molar-refractivity contribution is 5.82. The summed E-state index contributed by atoms with van der Waals surface area (Å²) in [5.74, 6) is 3.64. The lowest BCUT2D eigenvalue weighted by Crippen LogP contribution is -2.53. The van der Waals surface area contributed by atoms with Gasteiger partial charge in [-0.15, -0.1) is 0 Å². The molecule has 0 bridgehead atoms. The second-order valence-corrected chi connectivity index (χ2v) is 9.74. The van der Waals surface area contributed by atoms with E-state index in [1.54, 1.807) is 7.11 Å². The number of hydrogen-bond acceptors (Lipinski definition) is 3. The van der Waals surface area contributed by atoms with Gasteiger partial charge in [0.1, 0.15) is 12.6 Å². The molecule has 0 amide bonds. The van der Waals surface area contributed by atoms with Gasteiger partial charge in [-0.05, 0) is 79.4 Å². The van der Waals surface area contributed by atoms with Gasteiger partial charge in [-0.25, -0.2) is 0 Å². The number of carbonyl (C=O) groups excluding carboxylic acids is 1. The molecule has 4 fully saturated rings. The van der Waals surface area contributed by atoms with Crippen LogP contribution in [0.15, 0.2) is 0 Å². The summed E-state index contributed by atoms with van der Waals surface area (Å²) in [6.07, 6.45) is 11.1. The molecule has 0 N–H and O–H groups in total. The molecule has 24 heavy (non-hydrogen) atoms. The molecule has 0 heterocycles. The van der Waals surface area contributed by atoms with Gasteiger partial charge in [0.05, 0.1) is 6.10 Å². The zero-order valence-corrected chi connectivity index (χ0v) is 15.7. The number of ketones is 1. The van der Waals surface area contributed by atoms with Gasteiger partial charge in [-0.2, -0.15) is 0 Å². The number of ether oxygens (including phenoxy) is 2. The van der Waals surface area contributed by atoms with Gasteiger partial charge in [-0.3, -0.25) is 4.79 Å². The first-order valence-corrected chi connectivity index (χ1v) is 10.1. The van der Waals surface area contributed by atoms with Crippen LogP contribution in [0.1, 0.15) is 71.6 Å². The molecule has 0 aromatic carbocycles. The summed E-state index contributed by atoms with van der Waals surface area (Å²) >= 11 is 0. The van der Waals surface area contributed by atoms with Crippen LogP contribution in [0.4, 0.5) is 0 Å². The second kappa shape index (κ2) is 6.09. The Morgan fingerprint density at radius 1 is 1.08 bits per heavy atom. The highest BCUT2D eigenvalue weighted by Crippen LogP contribution is 2.65. The van der Waals surface area contributed by atoms with Crippen LogP contribution in [-0.2, 0) is 14.3 Å². The number of rotatable bonds is 3. The molecule has 4 aliphatic carbocycles. The van der Waals surface area contributed by atoms with E-state index >= 15 is 0 Å². The van der Waals surface area contributed by atoms with Gasteiger partial charge in [0.15, 0.2) is 0 Å². The Kier molecular flexibility index (Phi) is 4.32. The average Bonchev–Trinajstić information content (AvgIpc) is 2.87. The number of hydrogen-bond donors (Lipinski definition) is 0. The zero-order valence-electron chi connectivity index (χ0n) is 15.7. The predicted molar refractivity (Wildman–Crippen MR) is 93.5 cm³/mol. The quantitative estimate of drug-likeness (QED) is 0.708. The maximum atomic E-state index is 12.2. The van der Waals surface area contributed by atoms with Crippen molar-refractivity contribution in [2.75, 3.05) is 13.9 Å². The van der Waals surface area contributed by atoms with Gasteiger partial charge >= 0.3 is 0 Å². The van der Waals surface area contributed by atoms with Crippen LogP contribution in [0.2, 0.25) is 0 Å². The van der Waals surface area contributed by atoms with E-state index in [1.165, 1.54) is 44.9 Å². The molecular formula is C21H34O3. The van der Waals surface area contributed by atoms with E-state index in [1.807, 2.05) is 0 Å². The first kappa shape index (κ1) is 17.0. The van der Waals surface area contributed by atoms with E-state index in [0.29, 0.717) is 35.4 Å². The van der Waals surface area contributed by atoms with E-state index < -0.39 is 0 Å². The van der Waals surface area contributed by atoms with E-state index in [4.69, 9.17) is 9.47 Å². The molecular weight excluding hydrogens is 300 g/mol. The standard InChI is InChI=1S/C21H34O3/c1-20-8-7-18-17(19(20)11-15(22)12-20)5-4-14-10-16(24-13-23-3)6-9-21(14,18)2/h14,16-19H,4-13H2,1-3H3/t14?,16?,17-,18+,19+,20-,21+/m1/s1. The van der Waals surface area contributed by atoms with E-state index in [0.717, 1.165) is 30.6 Å². The molecule has 7 atom stereocenters. The fraction of sp³-hybridized carbons (Fsp3) is 0.952. The van der Waals surface area contributed by atoms with E-state index in [-0.39, 0.29) is 0 Å². The lowest BCUT2D eigenvalue weighted by Gasteiger charge is -2.60. The van der Waals surface area contributed by atoms with Crippen LogP contribution in [0.25, 0.3) is 0 Å². The van der Waals surface area contributed by atoms with Crippen LogP contribution in [0.5, 0.6) is 0 Å². The molecule has 0 radical (unpaired) electrons. The van der Waals surface area contributed by atoms with Crippen molar-refractivity contribution in [1.29, 1.82) is 0 Å². The van der Waals surface area contributed by atoms with Gasteiger partial charge < -0.3 is 9.47 Å².